The van der Waals surface area contributed by atoms with Gasteiger partial charge in [-0.2, -0.15) is 0 Å². The molecule has 1 aliphatic heterocycles. The zero-order valence-electron chi connectivity index (χ0n) is 11.0. The molecule has 20 heavy (non-hydrogen) atoms. The van der Waals surface area contributed by atoms with Gasteiger partial charge in [0.2, 0.25) is 5.91 Å². The van der Waals surface area contributed by atoms with Crippen molar-refractivity contribution in [1.29, 1.82) is 0 Å². The molecule has 1 aromatic carbocycles. The molecule has 1 aromatic heterocycles. The molecule has 1 N–H and O–H groups in total. The van der Waals surface area contributed by atoms with Crippen molar-refractivity contribution in [2.45, 2.75) is 18.3 Å². The summed E-state index contributed by atoms with van der Waals surface area (Å²) < 4.78 is 5.44. The van der Waals surface area contributed by atoms with Crippen LogP contribution in [0.3, 0.4) is 0 Å². The summed E-state index contributed by atoms with van der Waals surface area (Å²) in [5, 5.41) is 5.45. The average Bonchev–Trinajstić information content (AvgIpc) is 3.02. The normalized spacial score (nSPS) is 17.6. The molecule has 1 fully saturated rings. The Morgan fingerprint density at radius 1 is 1.25 bits per heavy atom. The lowest BCUT2D eigenvalue weighted by Gasteiger charge is -2.35. The number of amides is 1. The zero-order valence-corrected chi connectivity index (χ0v) is 11.9. The summed E-state index contributed by atoms with van der Waals surface area (Å²) in [5.41, 5.74) is 0.544. The van der Waals surface area contributed by atoms with Gasteiger partial charge in [0.25, 0.3) is 0 Å². The molecular formula is C15H16N2O2S. The summed E-state index contributed by atoms with van der Waals surface area (Å²) >= 11 is 1.43. The van der Waals surface area contributed by atoms with E-state index in [1.54, 1.807) is 6.20 Å². The molecule has 0 radical (unpaired) electrons. The minimum absolute atomic E-state index is 0.0157. The van der Waals surface area contributed by atoms with Gasteiger partial charge in [0.05, 0.1) is 5.41 Å². The highest BCUT2D eigenvalue weighted by Gasteiger charge is 2.41. The smallest absolute Gasteiger partial charge is 0.236 e. The molecule has 1 saturated heterocycles. The summed E-state index contributed by atoms with van der Waals surface area (Å²) in [4.78, 5) is 16.9. The SMILES string of the molecule is O=C(Nc1nccs1)C1(c2ccccc2)CCOCC1. The molecule has 4 nitrogen and oxygen atoms in total. The van der Waals surface area contributed by atoms with E-state index < -0.39 is 5.41 Å². The van der Waals surface area contributed by atoms with E-state index in [9.17, 15) is 4.79 Å². The van der Waals surface area contributed by atoms with Crippen molar-refractivity contribution in [2.24, 2.45) is 0 Å². The van der Waals surface area contributed by atoms with Crippen molar-refractivity contribution >= 4 is 22.4 Å². The predicted octanol–water partition coefficient (Wildman–Crippen LogP) is 2.83. The second-order valence-corrected chi connectivity index (χ2v) is 5.75. The molecule has 5 heteroatoms. The highest BCUT2D eigenvalue weighted by Crippen LogP contribution is 2.36. The van der Waals surface area contributed by atoms with Crippen molar-refractivity contribution < 1.29 is 9.53 Å². The van der Waals surface area contributed by atoms with Crippen LogP contribution in [0.2, 0.25) is 0 Å². The third-order valence-corrected chi connectivity index (χ3v) is 4.45. The van der Waals surface area contributed by atoms with Crippen LogP contribution in [0, 0.1) is 0 Å². The van der Waals surface area contributed by atoms with Gasteiger partial charge in [0.15, 0.2) is 5.13 Å². The number of nitrogens with zero attached hydrogens (tertiary/aromatic N) is 1. The molecule has 0 bridgehead atoms. The van der Waals surface area contributed by atoms with Gasteiger partial charge in [0.1, 0.15) is 0 Å². The maximum Gasteiger partial charge on any atom is 0.236 e. The lowest BCUT2D eigenvalue weighted by molar-refractivity contribution is -0.125. The Hall–Kier alpha value is -1.72. The average molecular weight is 288 g/mol. The molecule has 0 atom stereocenters. The Morgan fingerprint density at radius 2 is 2.00 bits per heavy atom. The maximum atomic E-state index is 12.8. The van der Waals surface area contributed by atoms with Crippen LogP contribution in [0.15, 0.2) is 41.9 Å². The largest absolute Gasteiger partial charge is 0.381 e. The molecule has 2 heterocycles. The first-order valence-electron chi connectivity index (χ1n) is 6.65. The van der Waals surface area contributed by atoms with Gasteiger partial charge in [-0.1, -0.05) is 30.3 Å². The van der Waals surface area contributed by atoms with E-state index in [1.165, 1.54) is 11.3 Å². The Labute approximate surface area is 121 Å². The topological polar surface area (TPSA) is 51.2 Å². The van der Waals surface area contributed by atoms with Gasteiger partial charge in [-0.15, -0.1) is 11.3 Å². The summed E-state index contributed by atoms with van der Waals surface area (Å²) in [5.74, 6) is 0.0157. The summed E-state index contributed by atoms with van der Waals surface area (Å²) in [7, 11) is 0. The van der Waals surface area contributed by atoms with E-state index in [2.05, 4.69) is 10.3 Å². The molecule has 3 rings (SSSR count). The maximum absolute atomic E-state index is 12.8. The van der Waals surface area contributed by atoms with Crippen molar-refractivity contribution in [3.63, 3.8) is 0 Å². The fourth-order valence-corrected chi connectivity index (χ4v) is 3.15. The fraction of sp³-hybridized carbons (Fsp3) is 0.333. The monoisotopic (exact) mass is 288 g/mol. The van der Waals surface area contributed by atoms with E-state index in [0.29, 0.717) is 31.2 Å². The number of thiazole rings is 1. The van der Waals surface area contributed by atoms with Gasteiger partial charge < -0.3 is 10.1 Å². The number of aromatic nitrogens is 1. The molecule has 1 aliphatic rings. The van der Waals surface area contributed by atoms with Gasteiger partial charge in [-0.05, 0) is 18.4 Å². The number of carbonyl (C=O) groups is 1. The zero-order chi connectivity index (χ0) is 13.8. The Morgan fingerprint density at radius 3 is 2.65 bits per heavy atom. The van der Waals surface area contributed by atoms with Crippen molar-refractivity contribution in [2.75, 3.05) is 18.5 Å². The minimum Gasteiger partial charge on any atom is -0.381 e. The molecule has 2 aromatic rings. The van der Waals surface area contributed by atoms with Gasteiger partial charge in [0, 0.05) is 24.8 Å². The van der Waals surface area contributed by atoms with E-state index in [1.807, 2.05) is 35.7 Å². The third kappa shape index (κ3) is 2.46. The van der Waals surface area contributed by atoms with Crippen molar-refractivity contribution in [3.05, 3.63) is 47.5 Å². The van der Waals surface area contributed by atoms with Gasteiger partial charge in [-0.25, -0.2) is 4.98 Å². The number of carbonyl (C=O) groups excluding carboxylic acids is 1. The molecule has 0 spiro atoms. The minimum atomic E-state index is -0.509. The second kappa shape index (κ2) is 5.73. The molecule has 0 aliphatic carbocycles. The molecular weight excluding hydrogens is 272 g/mol. The lowest BCUT2D eigenvalue weighted by Crippen LogP contribution is -2.44. The number of hydrogen-bond donors (Lipinski definition) is 1. The summed E-state index contributed by atoms with van der Waals surface area (Å²) in [6, 6.07) is 9.96. The molecule has 104 valence electrons. The molecule has 0 unspecified atom stereocenters. The number of rotatable bonds is 3. The first-order valence-corrected chi connectivity index (χ1v) is 7.53. The quantitative estimate of drug-likeness (QED) is 0.945. The van der Waals surface area contributed by atoms with Crippen LogP contribution in [0.4, 0.5) is 5.13 Å². The van der Waals surface area contributed by atoms with Crippen LogP contribution in [0.1, 0.15) is 18.4 Å². The second-order valence-electron chi connectivity index (χ2n) is 4.85. The first-order chi connectivity index (χ1) is 9.81. The highest BCUT2D eigenvalue weighted by atomic mass is 32.1. The van der Waals surface area contributed by atoms with E-state index in [4.69, 9.17) is 4.74 Å². The number of nitrogens with one attached hydrogen (secondary N) is 1. The molecule has 0 saturated carbocycles. The Balaban J connectivity index is 1.91. The number of anilines is 1. The fourth-order valence-electron chi connectivity index (χ4n) is 2.63. The van der Waals surface area contributed by atoms with Gasteiger partial charge in [-0.3, -0.25) is 4.79 Å². The Bertz CT molecular complexity index is 563. The summed E-state index contributed by atoms with van der Waals surface area (Å²) in [6.07, 6.45) is 3.10. The van der Waals surface area contributed by atoms with E-state index in [0.717, 1.165) is 5.56 Å². The van der Waals surface area contributed by atoms with E-state index in [-0.39, 0.29) is 5.91 Å². The van der Waals surface area contributed by atoms with Crippen LogP contribution in [0.25, 0.3) is 0 Å². The highest BCUT2D eigenvalue weighted by molar-refractivity contribution is 7.13. The van der Waals surface area contributed by atoms with Crippen LogP contribution in [-0.4, -0.2) is 24.1 Å². The number of benzene rings is 1. The lowest BCUT2D eigenvalue weighted by atomic mass is 9.73. The van der Waals surface area contributed by atoms with Crippen LogP contribution in [-0.2, 0) is 14.9 Å². The predicted molar refractivity (Wildman–Crippen MR) is 78.9 cm³/mol. The first kappa shape index (κ1) is 13.3. The third-order valence-electron chi connectivity index (χ3n) is 3.76. The van der Waals surface area contributed by atoms with Crippen LogP contribution < -0.4 is 5.32 Å². The number of hydrogen-bond acceptors (Lipinski definition) is 4. The number of ether oxygens (including phenoxy) is 1. The van der Waals surface area contributed by atoms with Gasteiger partial charge >= 0.3 is 0 Å². The standard InChI is InChI=1S/C15H16N2O2S/c18-13(17-14-16-8-11-20-14)15(6-9-19-10-7-15)12-4-2-1-3-5-12/h1-5,8,11H,6-7,9-10H2,(H,16,17,18). The van der Waals surface area contributed by atoms with Crippen LogP contribution in [0.5, 0.6) is 0 Å². The van der Waals surface area contributed by atoms with Crippen LogP contribution >= 0.6 is 11.3 Å². The molecule has 1 amide bonds. The Kier molecular flexibility index (Phi) is 3.80. The van der Waals surface area contributed by atoms with Crippen molar-refractivity contribution in [1.82, 2.24) is 4.98 Å². The van der Waals surface area contributed by atoms with E-state index >= 15 is 0 Å². The van der Waals surface area contributed by atoms with Crippen molar-refractivity contribution in [3.8, 4) is 0 Å². The summed E-state index contributed by atoms with van der Waals surface area (Å²) in [6.45, 7) is 1.22.